The number of nitrogens with zero attached hydrogens (tertiary/aromatic N) is 4. The number of hydrogen-bond acceptors (Lipinski definition) is 5. The molecule has 4 aromatic heterocycles. The summed E-state index contributed by atoms with van der Waals surface area (Å²) in [6, 6.07) is 7.21. The fourth-order valence-corrected chi connectivity index (χ4v) is 3.58. The Labute approximate surface area is 191 Å². The first kappa shape index (κ1) is 22.0. The van der Waals surface area contributed by atoms with Gasteiger partial charge in [0, 0.05) is 41.8 Å². The minimum Gasteiger partial charge on any atom is -0.348 e. The molecule has 0 spiro atoms. The summed E-state index contributed by atoms with van der Waals surface area (Å²) in [5.74, 6) is 5.77. The lowest BCUT2D eigenvalue weighted by molar-refractivity contribution is 0.0952. The fraction of sp³-hybridized carbons (Fsp3) is 0.240. The number of nitrogens with one attached hydrogen (secondary N) is 2. The lowest BCUT2D eigenvalue weighted by Gasteiger charge is -2.10. The van der Waals surface area contributed by atoms with Gasteiger partial charge in [-0.25, -0.2) is 9.67 Å². The van der Waals surface area contributed by atoms with Gasteiger partial charge >= 0.3 is 0 Å². The molecular weight excluding hydrogens is 416 g/mol. The van der Waals surface area contributed by atoms with Crippen LogP contribution in [0.3, 0.4) is 0 Å². The Balaban J connectivity index is 1.72. The summed E-state index contributed by atoms with van der Waals surface area (Å²) >= 11 is 0. The van der Waals surface area contributed by atoms with Gasteiger partial charge in [-0.2, -0.15) is 5.10 Å². The molecule has 0 aliphatic heterocycles. The van der Waals surface area contributed by atoms with Gasteiger partial charge in [-0.05, 0) is 63.4 Å². The van der Waals surface area contributed by atoms with Crippen molar-refractivity contribution < 1.29 is 4.79 Å². The second-order valence-corrected chi connectivity index (χ2v) is 8.09. The average Bonchev–Trinajstić information content (AvgIpc) is 3.21. The first-order chi connectivity index (χ1) is 15.8. The van der Waals surface area contributed by atoms with Crippen LogP contribution in [-0.2, 0) is 6.54 Å². The highest BCUT2D eigenvalue weighted by Gasteiger charge is 2.18. The van der Waals surface area contributed by atoms with E-state index in [9.17, 15) is 9.59 Å². The number of carbonyl (C=O) groups is 1. The maximum absolute atomic E-state index is 13.2. The molecule has 33 heavy (non-hydrogen) atoms. The lowest BCUT2D eigenvalue weighted by atomic mass is 10.1. The second kappa shape index (κ2) is 9.09. The van der Waals surface area contributed by atoms with Crippen molar-refractivity contribution >= 4 is 16.9 Å². The third kappa shape index (κ3) is 4.67. The van der Waals surface area contributed by atoms with Crippen molar-refractivity contribution in [2.75, 3.05) is 0 Å². The fourth-order valence-electron chi connectivity index (χ4n) is 3.58. The SMILES string of the molecule is Cc1cc(C)c(CNC(=O)c2cc(C#Cc3ccncc3)nc3c2cnn3C(C)C)c(=O)[nH]1. The van der Waals surface area contributed by atoms with Crippen LogP contribution in [0.2, 0.25) is 0 Å². The van der Waals surface area contributed by atoms with Crippen LogP contribution in [0.4, 0.5) is 0 Å². The number of hydrogen-bond donors (Lipinski definition) is 2. The molecule has 4 aromatic rings. The molecule has 0 aliphatic rings. The van der Waals surface area contributed by atoms with Crippen LogP contribution in [0, 0.1) is 25.7 Å². The highest BCUT2D eigenvalue weighted by Crippen LogP contribution is 2.21. The third-order valence-corrected chi connectivity index (χ3v) is 5.24. The van der Waals surface area contributed by atoms with Crippen molar-refractivity contribution in [1.82, 2.24) is 30.0 Å². The number of carbonyl (C=O) groups excluding carboxylic acids is 1. The molecule has 0 aliphatic carbocycles. The Hall–Kier alpha value is -4.25. The Morgan fingerprint density at radius 2 is 1.94 bits per heavy atom. The van der Waals surface area contributed by atoms with E-state index in [2.05, 4.69) is 37.2 Å². The molecule has 4 heterocycles. The van der Waals surface area contributed by atoms with Crippen molar-refractivity contribution in [2.24, 2.45) is 0 Å². The second-order valence-electron chi connectivity index (χ2n) is 8.09. The molecule has 8 heteroatoms. The van der Waals surface area contributed by atoms with Gasteiger partial charge in [-0.15, -0.1) is 0 Å². The topological polar surface area (TPSA) is 106 Å². The first-order valence-corrected chi connectivity index (χ1v) is 10.6. The summed E-state index contributed by atoms with van der Waals surface area (Å²) in [6.45, 7) is 7.78. The van der Waals surface area contributed by atoms with E-state index in [0.717, 1.165) is 16.8 Å². The standard InChI is InChI=1S/C25H24N6O2/c1-15(2)31-23-22(14-28-31)20(12-19(30-23)6-5-18-7-9-26-10-8-18)24(32)27-13-21-16(3)11-17(4)29-25(21)33/h7-12,14-15H,13H2,1-4H3,(H,27,32)(H,29,33). The van der Waals surface area contributed by atoms with Crippen LogP contribution in [-0.4, -0.2) is 30.6 Å². The summed E-state index contributed by atoms with van der Waals surface area (Å²) < 4.78 is 1.76. The Kier molecular flexibility index (Phi) is 6.05. The van der Waals surface area contributed by atoms with Gasteiger partial charge in [0.25, 0.3) is 11.5 Å². The molecule has 4 rings (SSSR count). The monoisotopic (exact) mass is 440 g/mol. The number of rotatable bonds is 4. The van der Waals surface area contributed by atoms with E-state index >= 15 is 0 Å². The minimum atomic E-state index is -0.322. The van der Waals surface area contributed by atoms with Crippen LogP contribution in [0.25, 0.3) is 11.0 Å². The first-order valence-electron chi connectivity index (χ1n) is 10.6. The zero-order chi connectivity index (χ0) is 23.5. The van der Waals surface area contributed by atoms with Crippen LogP contribution < -0.4 is 10.9 Å². The van der Waals surface area contributed by atoms with Crippen LogP contribution in [0.15, 0.2) is 47.7 Å². The van der Waals surface area contributed by atoms with E-state index in [1.807, 2.05) is 33.8 Å². The largest absolute Gasteiger partial charge is 0.348 e. The number of fused-ring (bicyclic) bond motifs is 1. The maximum atomic E-state index is 13.2. The smallest absolute Gasteiger partial charge is 0.253 e. The van der Waals surface area contributed by atoms with Crippen molar-refractivity contribution in [3.63, 3.8) is 0 Å². The molecular formula is C25H24N6O2. The summed E-state index contributed by atoms with van der Waals surface area (Å²) in [4.78, 5) is 36.9. The molecule has 0 aromatic carbocycles. The molecule has 2 N–H and O–H groups in total. The Bertz CT molecular complexity index is 1460. The van der Waals surface area contributed by atoms with Crippen molar-refractivity contribution in [3.05, 3.63) is 86.9 Å². The minimum absolute atomic E-state index is 0.0584. The van der Waals surface area contributed by atoms with Crippen molar-refractivity contribution in [1.29, 1.82) is 0 Å². The zero-order valence-corrected chi connectivity index (χ0v) is 18.9. The summed E-state index contributed by atoms with van der Waals surface area (Å²) in [5, 5.41) is 7.91. The Morgan fingerprint density at radius 1 is 1.18 bits per heavy atom. The molecule has 0 unspecified atom stereocenters. The van der Waals surface area contributed by atoms with E-state index in [4.69, 9.17) is 0 Å². The Morgan fingerprint density at radius 3 is 2.64 bits per heavy atom. The number of aromatic amines is 1. The van der Waals surface area contributed by atoms with Gasteiger partial charge in [0.05, 0.1) is 17.1 Å². The van der Waals surface area contributed by atoms with Crippen LogP contribution >= 0.6 is 0 Å². The van der Waals surface area contributed by atoms with E-state index in [0.29, 0.717) is 27.9 Å². The molecule has 0 atom stereocenters. The molecule has 8 nitrogen and oxygen atoms in total. The van der Waals surface area contributed by atoms with Crippen LogP contribution in [0.5, 0.6) is 0 Å². The van der Waals surface area contributed by atoms with Gasteiger partial charge in [0.15, 0.2) is 5.65 Å². The number of aromatic nitrogens is 5. The van der Waals surface area contributed by atoms with Gasteiger partial charge in [-0.3, -0.25) is 14.6 Å². The molecule has 0 radical (unpaired) electrons. The zero-order valence-electron chi connectivity index (χ0n) is 18.9. The van der Waals surface area contributed by atoms with Crippen molar-refractivity contribution in [3.8, 4) is 11.8 Å². The summed E-state index contributed by atoms with van der Waals surface area (Å²) in [7, 11) is 0. The summed E-state index contributed by atoms with van der Waals surface area (Å²) in [5.41, 5.74) is 4.17. The molecule has 1 amide bonds. The number of H-pyrrole nitrogens is 1. The van der Waals surface area contributed by atoms with Gasteiger partial charge in [0.2, 0.25) is 0 Å². The molecule has 0 bridgehead atoms. The average molecular weight is 441 g/mol. The summed E-state index contributed by atoms with van der Waals surface area (Å²) in [6.07, 6.45) is 4.98. The predicted octanol–water partition coefficient (Wildman–Crippen LogP) is 3.04. The molecule has 0 fully saturated rings. The van der Waals surface area contributed by atoms with E-state index < -0.39 is 0 Å². The highest BCUT2D eigenvalue weighted by atomic mass is 16.1. The lowest BCUT2D eigenvalue weighted by Crippen LogP contribution is -2.28. The highest BCUT2D eigenvalue weighted by molar-refractivity contribution is 6.05. The van der Waals surface area contributed by atoms with Gasteiger partial charge in [0.1, 0.15) is 5.69 Å². The normalized spacial score (nSPS) is 10.8. The van der Waals surface area contributed by atoms with Gasteiger partial charge < -0.3 is 10.3 Å². The number of amides is 1. The third-order valence-electron chi connectivity index (χ3n) is 5.24. The quantitative estimate of drug-likeness (QED) is 0.475. The molecule has 166 valence electrons. The van der Waals surface area contributed by atoms with E-state index in [-0.39, 0.29) is 24.1 Å². The molecule has 0 saturated heterocycles. The van der Waals surface area contributed by atoms with E-state index in [1.165, 1.54) is 0 Å². The van der Waals surface area contributed by atoms with E-state index in [1.54, 1.807) is 41.5 Å². The van der Waals surface area contributed by atoms with Crippen LogP contribution in [0.1, 0.15) is 58.3 Å². The molecule has 0 saturated carbocycles. The predicted molar refractivity (Wildman–Crippen MR) is 126 cm³/mol. The van der Waals surface area contributed by atoms with Gasteiger partial charge in [-0.1, -0.05) is 5.92 Å². The number of pyridine rings is 3. The maximum Gasteiger partial charge on any atom is 0.253 e. The van der Waals surface area contributed by atoms with Crippen molar-refractivity contribution in [2.45, 2.75) is 40.3 Å². The number of aryl methyl sites for hydroxylation is 2.